The molecule has 4 nitrogen and oxygen atoms in total. The molecule has 106 valence electrons. The summed E-state index contributed by atoms with van der Waals surface area (Å²) in [6.45, 7) is 2.24. The van der Waals surface area contributed by atoms with Gasteiger partial charge < -0.3 is 9.80 Å². The Labute approximate surface area is 120 Å². The highest BCUT2D eigenvalue weighted by molar-refractivity contribution is 5.87. The van der Waals surface area contributed by atoms with Gasteiger partial charge in [-0.2, -0.15) is 0 Å². The van der Waals surface area contributed by atoms with Crippen LogP contribution in [-0.4, -0.2) is 48.7 Å². The van der Waals surface area contributed by atoms with Crippen LogP contribution in [0.5, 0.6) is 0 Å². The van der Waals surface area contributed by atoms with Crippen molar-refractivity contribution < 1.29 is 0 Å². The van der Waals surface area contributed by atoms with Gasteiger partial charge in [0, 0.05) is 40.0 Å². The Hall–Kier alpha value is -1.84. The summed E-state index contributed by atoms with van der Waals surface area (Å²) in [6.07, 6.45) is 4.61. The molecule has 0 aromatic heterocycles. The van der Waals surface area contributed by atoms with Crippen LogP contribution in [0, 0.1) is 0 Å². The molecule has 0 bridgehead atoms. The molecule has 0 spiro atoms. The lowest BCUT2D eigenvalue weighted by Crippen LogP contribution is -2.18. The van der Waals surface area contributed by atoms with E-state index in [1.54, 1.807) is 0 Å². The smallest absolute Gasteiger partial charge is 0.105 e. The highest BCUT2D eigenvalue weighted by Crippen LogP contribution is 2.23. The van der Waals surface area contributed by atoms with Gasteiger partial charge in [-0.15, -0.1) is 0 Å². The van der Waals surface area contributed by atoms with Gasteiger partial charge in [-0.05, 0) is 37.1 Å². The molecule has 2 saturated heterocycles. The molecule has 0 amide bonds. The monoisotopic (exact) mass is 270 g/mol. The molecule has 0 unspecified atom stereocenters. The normalized spacial score (nSPS) is 23.3. The molecule has 2 aliphatic rings. The number of amidine groups is 2. The van der Waals surface area contributed by atoms with Crippen LogP contribution in [0.1, 0.15) is 25.7 Å². The summed E-state index contributed by atoms with van der Waals surface area (Å²) in [4.78, 5) is 13.9. The molecule has 1 aromatic carbocycles. The Bertz CT molecular complexity index is 481. The molecule has 2 heterocycles. The Morgan fingerprint density at radius 1 is 0.750 bits per heavy atom. The van der Waals surface area contributed by atoms with Crippen molar-refractivity contribution in [2.24, 2.45) is 9.98 Å². The van der Waals surface area contributed by atoms with Gasteiger partial charge >= 0.3 is 0 Å². The van der Waals surface area contributed by atoms with Crippen LogP contribution >= 0.6 is 0 Å². The maximum absolute atomic E-state index is 4.71. The van der Waals surface area contributed by atoms with Crippen LogP contribution in [0.3, 0.4) is 0 Å². The highest BCUT2D eigenvalue weighted by atomic mass is 15.2. The molecule has 1 aromatic rings. The zero-order valence-corrected chi connectivity index (χ0v) is 12.3. The maximum Gasteiger partial charge on any atom is 0.105 e. The van der Waals surface area contributed by atoms with Gasteiger partial charge in [-0.25, -0.2) is 9.98 Å². The lowest BCUT2D eigenvalue weighted by Gasteiger charge is -2.11. The average molecular weight is 270 g/mol. The number of likely N-dealkylation sites (tertiary alicyclic amines) is 2. The first kappa shape index (κ1) is 13.2. The molecular formula is C16H22N4. The van der Waals surface area contributed by atoms with Crippen LogP contribution in [0.4, 0.5) is 11.4 Å². The van der Waals surface area contributed by atoms with Crippen molar-refractivity contribution in [1.29, 1.82) is 0 Å². The number of nitrogens with zero attached hydrogens (tertiary/aromatic N) is 4. The van der Waals surface area contributed by atoms with Crippen molar-refractivity contribution in [3.8, 4) is 0 Å². The predicted molar refractivity (Wildman–Crippen MR) is 84.4 cm³/mol. The molecule has 3 rings (SSSR count). The minimum Gasteiger partial charge on any atom is -0.363 e. The first-order valence-corrected chi connectivity index (χ1v) is 7.40. The second-order valence-electron chi connectivity index (χ2n) is 5.62. The van der Waals surface area contributed by atoms with Crippen molar-refractivity contribution in [1.82, 2.24) is 9.80 Å². The fraction of sp³-hybridized carbons (Fsp3) is 0.500. The molecule has 0 saturated carbocycles. The van der Waals surface area contributed by atoms with Crippen LogP contribution in [0.15, 0.2) is 34.3 Å². The predicted octanol–water partition coefficient (Wildman–Crippen LogP) is 3.20. The standard InChI is InChI=1S/C16H22N4/c1-19-11-3-5-15(19)17-13-7-9-14(10-8-13)18-16-6-4-12-20(16)2/h7-10H,3-6,11-12H2,1-2H3. The first-order valence-electron chi connectivity index (χ1n) is 7.40. The van der Waals surface area contributed by atoms with E-state index < -0.39 is 0 Å². The number of rotatable bonds is 2. The summed E-state index contributed by atoms with van der Waals surface area (Å²) in [7, 11) is 4.23. The van der Waals surface area contributed by atoms with Crippen LogP contribution in [0.2, 0.25) is 0 Å². The van der Waals surface area contributed by atoms with E-state index in [0.29, 0.717) is 0 Å². The zero-order chi connectivity index (χ0) is 13.9. The van der Waals surface area contributed by atoms with E-state index in [-0.39, 0.29) is 0 Å². The van der Waals surface area contributed by atoms with Crippen molar-refractivity contribution in [3.63, 3.8) is 0 Å². The Kier molecular flexibility index (Phi) is 3.72. The summed E-state index contributed by atoms with van der Waals surface area (Å²) < 4.78 is 0. The summed E-state index contributed by atoms with van der Waals surface area (Å²) in [5, 5.41) is 0. The quantitative estimate of drug-likeness (QED) is 0.826. The number of aliphatic imine (C=N–C) groups is 2. The van der Waals surface area contributed by atoms with Gasteiger partial charge in [-0.1, -0.05) is 0 Å². The van der Waals surface area contributed by atoms with Gasteiger partial charge in [0.2, 0.25) is 0 Å². The topological polar surface area (TPSA) is 31.2 Å². The van der Waals surface area contributed by atoms with Crippen molar-refractivity contribution >= 4 is 23.0 Å². The molecule has 2 aliphatic heterocycles. The first-order chi connectivity index (χ1) is 9.72. The largest absolute Gasteiger partial charge is 0.363 e. The van der Waals surface area contributed by atoms with E-state index in [9.17, 15) is 0 Å². The Morgan fingerprint density at radius 2 is 1.15 bits per heavy atom. The summed E-state index contributed by atoms with van der Waals surface area (Å²) >= 11 is 0. The van der Waals surface area contributed by atoms with Gasteiger partial charge in [-0.3, -0.25) is 0 Å². The van der Waals surface area contributed by atoms with Crippen molar-refractivity contribution in [3.05, 3.63) is 24.3 Å². The fourth-order valence-electron chi connectivity index (χ4n) is 2.77. The third-order valence-corrected chi connectivity index (χ3v) is 4.04. The molecule has 20 heavy (non-hydrogen) atoms. The molecule has 4 heteroatoms. The van der Waals surface area contributed by atoms with E-state index >= 15 is 0 Å². The number of hydrogen-bond acceptors (Lipinski definition) is 2. The lowest BCUT2D eigenvalue weighted by molar-refractivity contribution is 0.550. The molecule has 2 fully saturated rings. The van der Waals surface area contributed by atoms with Gasteiger partial charge in [0.15, 0.2) is 0 Å². The lowest BCUT2D eigenvalue weighted by atomic mass is 10.3. The molecule has 0 atom stereocenters. The van der Waals surface area contributed by atoms with Gasteiger partial charge in [0.05, 0.1) is 11.4 Å². The van der Waals surface area contributed by atoms with Crippen LogP contribution < -0.4 is 0 Å². The minimum absolute atomic E-state index is 1.03. The zero-order valence-electron chi connectivity index (χ0n) is 12.3. The minimum atomic E-state index is 1.03. The van der Waals surface area contributed by atoms with Crippen LogP contribution in [0.25, 0.3) is 0 Å². The van der Waals surface area contributed by atoms with Crippen molar-refractivity contribution in [2.45, 2.75) is 25.7 Å². The Morgan fingerprint density at radius 3 is 1.45 bits per heavy atom. The third-order valence-electron chi connectivity index (χ3n) is 4.04. The van der Waals surface area contributed by atoms with Crippen LogP contribution in [-0.2, 0) is 0 Å². The second-order valence-corrected chi connectivity index (χ2v) is 5.62. The van der Waals surface area contributed by atoms with E-state index in [1.807, 2.05) is 0 Å². The SMILES string of the molecule is CN1CCCC1=Nc1ccc(N=C2CCCN2C)cc1. The summed E-state index contributed by atoms with van der Waals surface area (Å²) in [5.41, 5.74) is 2.05. The van der Waals surface area contributed by atoms with Gasteiger partial charge in [0.25, 0.3) is 0 Å². The second kappa shape index (κ2) is 5.65. The van der Waals surface area contributed by atoms with E-state index in [2.05, 4.69) is 48.2 Å². The Balaban J connectivity index is 1.75. The van der Waals surface area contributed by atoms with E-state index in [0.717, 1.165) is 37.3 Å². The number of benzene rings is 1. The van der Waals surface area contributed by atoms with E-state index in [4.69, 9.17) is 9.98 Å². The highest BCUT2D eigenvalue weighted by Gasteiger charge is 2.15. The summed E-state index contributed by atoms with van der Waals surface area (Å²) in [5.74, 6) is 2.39. The fourth-order valence-corrected chi connectivity index (χ4v) is 2.77. The molecule has 0 aliphatic carbocycles. The van der Waals surface area contributed by atoms with Gasteiger partial charge in [0.1, 0.15) is 11.7 Å². The molecular weight excluding hydrogens is 248 g/mol. The summed E-state index contributed by atoms with van der Waals surface area (Å²) in [6, 6.07) is 8.25. The number of hydrogen-bond donors (Lipinski definition) is 0. The van der Waals surface area contributed by atoms with Crippen molar-refractivity contribution in [2.75, 3.05) is 27.2 Å². The van der Waals surface area contributed by atoms with E-state index in [1.165, 1.54) is 24.5 Å². The maximum atomic E-state index is 4.71. The molecule has 0 N–H and O–H groups in total. The molecule has 0 radical (unpaired) electrons. The third kappa shape index (κ3) is 2.84. The average Bonchev–Trinajstić information content (AvgIpc) is 3.02.